The quantitative estimate of drug-likeness (QED) is 0.890. The molecular weight excluding hydrogens is 341 g/mol. The molecule has 2 aromatic rings. The van der Waals surface area contributed by atoms with Crippen LogP contribution in [0.15, 0.2) is 35.8 Å². The van der Waals surface area contributed by atoms with Crippen LogP contribution in [0.1, 0.15) is 24.8 Å². The molecule has 132 valence electrons. The van der Waals surface area contributed by atoms with Crippen molar-refractivity contribution in [3.05, 3.63) is 47.2 Å². The lowest BCUT2D eigenvalue weighted by Gasteiger charge is -2.32. The van der Waals surface area contributed by atoms with Gasteiger partial charge in [-0.3, -0.25) is 9.59 Å². The molecule has 0 saturated carbocycles. The van der Waals surface area contributed by atoms with E-state index in [0.717, 1.165) is 18.4 Å². The Hall–Kier alpha value is -2.28. The van der Waals surface area contributed by atoms with E-state index < -0.39 is 0 Å². The summed E-state index contributed by atoms with van der Waals surface area (Å²) in [4.78, 5) is 30.6. The molecule has 2 amide bonds. The van der Waals surface area contributed by atoms with E-state index in [-0.39, 0.29) is 23.5 Å². The number of likely N-dealkylation sites (tertiary alicyclic amines) is 1. The maximum absolute atomic E-state index is 12.9. The van der Waals surface area contributed by atoms with Gasteiger partial charge in [0.05, 0.1) is 5.92 Å². The summed E-state index contributed by atoms with van der Waals surface area (Å²) in [5, 5.41) is 5.20. The Labute approximate surface area is 149 Å². The van der Waals surface area contributed by atoms with E-state index in [2.05, 4.69) is 10.3 Å². The van der Waals surface area contributed by atoms with Crippen molar-refractivity contribution < 1.29 is 14.0 Å². The van der Waals surface area contributed by atoms with E-state index in [1.165, 1.54) is 23.5 Å². The number of piperidine rings is 1. The summed E-state index contributed by atoms with van der Waals surface area (Å²) in [7, 11) is 0. The molecule has 2 heterocycles. The molecule has 0 spiro atoms. The maximum Gasteiger partial charge on any atom is 0.231 e. The number of carbonyl (C=O) groups excluding carboxylic acids is 2. The minimum Gasteiger partial charge on any atom is -0.342 e. The molecule has 0 bridgehead atoms. The fourth-order valence-electron chi connectivity index (χ4n) is 2.97. The zero-order valence-corrected chi connectivity index (χ0v) is 14.6. The summed E-state index contributed by atoms with van der Waals surface area (Å²) in [6, 6.07) is 6.20. The van der Waals surface area contributed by atoms with E-state index in [9.17, 15) is 14.0 Å². The standard InChI is InChI=1S/C18H20FN3O2S/c19-15-6-3-13(4-7-15)5-8-16(23)22-10-1-2-14(12-22)17(24)21-18-20-9-11-25-18/h3-4,6-7,9,11,14H,1-2,5,8,10,12H2,(H,20,21,24)/t14-/m1/s1. The van der Waals surface area contributed by atoms with Crippen molar-refractivity contribution >= 4 is 28.3 Å². The van der Waals surface area contributed by atoms with E-state index in [4.69, 9.17) is 0 Å². The maximum atomic E-state index is 12.9. The summed E-state index contributed by atoms with van der Waals surface area (Å²) in [5.74, 6) is -0.519. The largest absolute Gasteiger partial charge is 0.342 e. The van der Waals surface area contributed by atoms with Crippen molar-refractivity contribution in [3.63, 3.8) is 0 Å². The van der Waals surface area contributed by atoms with Crippen molar-refractivity contribution in [2.75, 3.05) is 18.4 Å². The molecule has 3 rings (SSSR count). The summed E-state index contributed by atoms with van der Waals surface area (Å²) in [6.45, 7) is 1.13. The van der Waals surface area contributed by atoms with Gasteiger partial charge in [0.2, 0.25) is 11.8 Å². The van der Waals surface area contributed by atoms with Crippen molar-refractivity contribution in [2.24, 2.45) is 5.92 Å². The van der Waals surface area contributed by atoms with Crippen LogP contribution in [0.2, 0.25) is 0 Å². The van der Waals surface area contributed by atoms with Gasteiger partial charge in [0.15, 0.2) is 5.13 Å². The number of benzene rings is 1. The first-order valence-corrected chi connectivity index (χ1v) is 9.22. The monoisotopic (exact) mass is 361 g/mol. The molecule has 1 atom stereocenters. The van der Waals surface area contributed by atoms with Gasteiger partial charge in [-0.15, -0.1) is 11.3 Å². The van der Waals surface area contributed by atoms with Crippen LogP contribution >= 0.6 is 11.3 Å². The van der Waals surface area contributed by atoms with Gasteiger partial charge in [0.1, 0.15) is 5.82 Å². The van der Waals surface area contributed by atoms with Gasteiger partial charge in [-0.1, -0.05) is 12.1 Å². The number of thiazole rings is 1. The SMILES string of the molecule is O=C(Nc1nccs1)[C@@H]1CCCN(C(=O)CCc2ccc(F)cc2)C1. The summed E-state index contributed by atoms with van der Waals surface area (Å²) in [6.07, 6.45) is 4.18. The van der Waals surface area contributed by atoms with E-state index in [1.807, 2.05) is 5.38 Å². The van der Waals surface area contributed by atoms with Crippen molar-refractivity contribution in [2.45, 2.75) is 25.7 Å². The first-order valence-electron chi connectivity index (χ1n) is 8.34. The Morgan fingerprint density at radius 2 is 2.12 bits per heavy atom. The highest BCUT2D eigenvalue weighted by Crippen LogP contribution is 2.20. The van der Waals surface area contributed by atoms with Crippen LogP contribution in [0.4, 0.5) is 9.52 Å². The third-order valence-electron chi connectivity index (χ3n) is 4.35. The smallest absolute Gasteiger partial charge is 0.231 e. The number of carbonyl (C=O) groups is 2. The van der Waals surface area contributed by atoms with Gasteiger partial charge in [-0.2, -0.15) is 0 Å². The molecule has 25 heavy (non-hydrogen) atoms. The van der Waals surface area contributed by atoms with Gasteiger partial charge >= 0.3 is 0 Å². The second-order valence-corrected chi connectivity index (χ2v) is 7.03. The zero-order chi connectivity index (χ0) is 17.6. The lowest BCUT2D eigenvalue weighted by molar-refractivity contribution is -0.134. The van der Waals surface area contributed by atoms with Crippen LogP contribution in [0.5, 0.6) is 0 Å². The normalized spacial score (nSPS) is 17.3. The van der Waals surface area contributed by atoms with Gasteiger partial charge in [-0.25, -0.2) is 9.37 Å². The van der Waals surface area contributed by atoms with Crippen LogP contribution in [-0.2, 0) is 16.0 Å². The number of anilines is 1. The Bertz CT molecular complexity index is 718. The molecular formula is C18H20FN3O2S. The average Bonchev–Trinajstić information content (AvgIpc) is 3.14. The van der Waals surface area contributed by atoms with Crippen molar-refractivity contribution in [1.29, 1.82) is 0 Å². The lowest BCUT2D eigenvalue weighted by atomic mass is 9.96. The topological polar surface area (TPSA) is 62.3 Å². The number of amides is 2. The number of rotatable bonds is 5. The van der Waals surface area contributed by atoms with E-state index in [1.54, 1.807) is 23.2 Å². The predicted octanol–water partition coefficient (Wildman–Crippen LogP) is 3.09. The molecule has 1 fully saturated rings. The molecule has 7 heteroatoms. The van der Waals surface area contributed by atoms with E-state index in [0.29, 0.717) is 31.1 Å². The highest BCUT2D eigenvalue weighted by Gasteiger charge is 2.28. The fourth-order valence-corrected chi connectivity index (χ4v) is 3.50. The Morgan fingerprint density at radius 3 is 2.84 bits per heavy atom. The average molecular weight is 361 g/mol. The van der Waals surface area contributed by atoms with E-state index >= 15 is 0 Å². The number of halogens is 1. The fraction of sp³-hybridized carbons (Fsp3) is 0.389. The van der Waals surface area contributed by atoms with Crippen LogP contribution in [0, 0.1) is 11.7 Å². The number of nitrogens with one attached hydrogen (secondary N) is 1. The first-order chi connectivity index (χ1) is 12.1. The molecule has 1 aromatic heterocycles. The minimum atomic E-state index is -0.278. The van der Waals surface area contributed by atoms with Crippen molar-refractivity contribution in [3.8, 4) is 0 Å². The third kappa shape index (κ3) is 4.85. The molecule has 1 aliphatic rings. The number of hydrogen-bond donors (Lipinski definition) is 1. The summed E-state index contributed by atoms with van der Waals surface area (Å²) < 4.78 is 12.9. The molecule has 1 aliphatic heterocycles. The lowest BCUT2D eigenvalue weighted by Crippen LogP contribution is -2.43. The molecule has 1 N–H and O–H groups in total. The van der Waals surface area contributed by atoms with Gasteiger partial charge in [0.25, 0.3) is 0 Å². The molecule has 0 radical (unpaired) electrons. The second-order valence-electron chi connectivity index (χ2n) is 6.13. The molecule has 1 aromatic carbocycles. The number of hydrogen-bond acceptors (Lipinski definition) is 4. The Morgan fingerprint density at radius 1 is 1.32 bits per heavy atom. The molecule has 1 saturated heterocycles. The Kier molecular flexibility index (Phi) is 5.75. The summed E-state index contributed by atoms with van der Waals surface area (Å²) in [5.41, 5.74) is 0.935. The van der Waals surface area contributed by atoms with Crippen LogP contribution in [0.25, 0.3) is 0 Å². The number of aryl methyl sites for hydroxylation is 1. The van der Waals surface area contributed by atoms with Crippen LogP contribution in [-0.4, -0.2) is 34.8 Å². The first kappa shape index (κ1) is 17.5. The Balaban J connectivity index is 1.50. The molecule has 0 unspecified atom stereocenters. The van der Waals surface area contributed by atoms with Gasteiger partial charge in [-0.05, 0) is 37.0 Å². The number of aromatic nitrogens is 1. The van der Waals surface area contributed by atoms with Gasteiger partial charge in [0, 0.05) is 31.1 Å². The zero-order valence-electron chi connectivity index (χ0n) is 13.8. The van der Waals surface area contributed by atoms with Crippen LogP contribution < -0.4 is 5.32 Å². The number of nitrogens with zero attached hydrogens (tertiary/aromatic N) is 2. The highest BCUT2D eigenvalue weighted by atomic mass is 32.1. The molecule has 5 nitrogen and oxygen atoms in total. The van der Waals surface area contributed by atoms with Crippen LogP contribution in [0.3, 0.4) is 0 Å². The van der Waals surface area contributed by atoms with Gasteiger partial charge < -0.3 is 10.2 Å². The predicted molar refractivity (Wildman–Crippen MR) is 94.8 cm³/mol. The third-order valence-corrected chi connectivity index (χ3v) is 5.04. The summed E-state index contributed by atoms with van der Waals surface area (Å²) >= 11 is 1.38. The minimum absolute atomic E-state index is 0.0380. The second kappa shape index (κ2) is 8.20. The molecule has 0 aliphatic carbocycles. The highest BCUT2D eigenvalue weighted by molar-refractivity contribution is 7.13. The van der Waals surface area contributed by atoms with Crippen molar-refractivity contribution in [1.82, 2.24) is 9.88 Å².